The monoisotopic (exact) mass is 271 g/mol. The molecule has 0 radical (unpaired) electrons. The summed E-state index contributed by atoms with van der Waals surface area (Å²) in [5, 5.41) is 3.17. The van der Waals surface area contributed by atoms with E-state index in [-0.39, 0.29) is 0 Å². The van der Waals surface area contributed by atoms with Crippen LogP contribution in [0.25, 0.3) is 11.1 Å². The van der Waals surface area contributed by atoms with Gasteiger partial charge in [-0.2, -0.15) is 0 Å². The Hall–Kier alpha value is -1.84. The standard InChI is InChI=1S/C17H21NO2/c1-18-13-14-6-5-7-15(12-14)16-8-3-4-9-17(16)20-11-10-19-2/h3-9,12,18H,10-11,13H2,1-2H3. The van der Waals surface area contributed by atoms with E-state index in [1.807, 2.05) is 25.2 Å². The van der Waals surface area contributed by atoms with Gasteiger partial charge in [-0.1, -0.05) is 36.4 Å². The Kier molecular flexibility index (Phi) is 5.59. The van der Waals surface area contributed by atoms with Crippen LogP contribution in [0.3, 0.4) is 0 Å². The molecule has 0 aliphatic carbocycles. The van der Waals surface area contributed by atoms with Gasteiger partial charge in [-0.05, 0) is 30.3 Å². The molecule has 2 aromatic carbocycles. The highest BCUT2D eigenvalue weighted by atomic mass is 16.5. The Balaban J connectivity index is 2.24. The van der Waals surface area contributed by atoms with Crippen LogP contribution in [0, 0.1) is 0 Å². The smallest absolute Gasteiger partial charge is 0.127 e. The first-order chi connectivity index (χ1) is 9.85. The van der Waals surface area contributed by atoms with E-state index in [0.717, 1.165) is 17.9 Å². The molecule has 2 aromatic rings. The molecule has 0 aliphatic rings. The van der Waals surface area contributed by atoms with E-state index in [0.29, 0.717) is 13.2 Å². The molecule has 0 atom stereocenters. The van der Waals surface area contributed by atoms with Crippen molar-refractivity contribution in [1.29, 1.82) is 0 Å². The molecule has 0 aliphatic heterocycles. The van der Waals surface area contributed by atoms with Gasteiger partial charge in [0.25, 0.3) is 0 Å². The predicted octanol–water partition coefficient (Wildman–Crippen LogP) is 3.10. The zero-order valence-electron chi connectivity index (χ0n) is 12.1. The van der Waals surface area contributed by atoms with Crippen molar-refractivity contribution in [2.75, 3.05) is 27.4 Å². The Morgan fingerprint density at radius 3 is 2.65 bits per heavy atom. The molecular formula is C17H21NO2. The Bertz CT molecular complexity index is 540. The summed E-state index contributed by atoms with van der Waals surface area (Å²) in [6.07, 6.45) is 0. The normalized spacial score (nSPS) is 10.5. The average molecular weight is 271 g/mol. The number of ether oxygens (including phenoxy) is 2. The zero-order valence-corrected chi connectivity index (χ0v) is 12.1. The predicted molar refractivity (Wildman–Crippen MR) is 82.0 cm³/mol. The Labute approximate surface area is 120 Å². The zero-order chi connectivity index (χ0) is 14.2. The highest BCUT2D eigenvalue weighted by Gasteiger charge is 2.06. The molecule has 20 heavy (non-hydrogen) atoms. The number of hydrogen-bond donors (Lipinski definition) is 1. The number of benzene rings is 2. The molecule has 0 heterocycles. The molecule has 1 N–H and O–H groups in total. The second-order valence-corrected chi connectivity index (χ2v) is 4.57. The highest BCUT2D eigenvalue weighted by Crippen LogP contribution is 2.30. The van der Waals surface area contributed by atoms with Crippen LogP contribution in [0.5, 0.6) is 5.75 Å². The van der Waals surface area contributed by atoms with Gasteiger partial charge in [0.2, 0.25) is 0 Å². The topological polar surface area (TPSA) is 30.5 Å². The van der Waals surface area contributed by atoms with Gasteiger partial charge in [-0.3, -0.25) is 0 Å². The summed E-state index contributed by atoms with van der Waals surface area (Å²) < 4.78 is 10.8. The van der Waals surface area contributed by atoms with Crippen molar-refractivity contribution in [3.05, 3.63) is 54.1 Å². The Morgan fingerprint density at radius 1 is 1.00 bits per heavy atom. The van der Waals surface area contributed by atoms with Gasteiger partial charge in [0.15, 0.2) is 0 Å². The highest BCUT2D eigenvalue weighted by molar-refractivity contribution is 5.70. The maximum absolute atomic E-state index is 5.79. The van der Waals surface area contributed by atoms with Gasteiger partial charge in [0, 0.05) is 19.2 Å². The molecule has 3 nitrogen and oxygen atoms in total. The number of hydrogen-bond acceptors (Lipinski definition) is 3. The second kappa shape index (κ2) is 7.68. The van der Waals surface area contributed by atoms with E-state index in [1.54, 1.807) is 7.11 Å². The molecular weight excluding hydrogens is 250 g/mol. The SMILES string of the molecule is CNCc1cccc(-c2ccccc2OCCOC)c1. The minimum Gasteiger partial charge on any atom is -0.491 e. The van der Waals surface area contributed by atoms with Gasteiger partial charge < -0.3 is 14.8 Å². The summed E-state index contributed by atoms with van der Waals surface area (Å²) >= 11 is 0. The lowest BCUT2D eigenvalue weighted by Gasteiger charge is -2.12. The van der Waals surface area contributed by atoms with Crippen LogP contribution < -0.4 is 10.1 Å². The lowest BCUT2D eigenvalue weighted by molar-refractivity contribution is 0.146. The molecule has 0 amide bonds. The van der Waals surface area contributed by atoms with Crippen molar-refractivity contribution in [2.24, 2.45) is 0 Å². The van der Waals surface area contributed by atoms with Crippen molar-refractivity contribution >= 4 is 0 Å². The largest absolute Gasteiger partial charge is 0.491 e. The minimum absolute atomic E-state index is 0.559. The lowest BCUT2D eigenvalue weighted by Crippen LogP contribution is -2.06. The fraction of sp³-hybridized carbons (Fsp3) is 0.294. The van der Waals surface area contributed by atoms with E-state index >= 15 is 0 Å². The maximum atomic E-state index is 5.79. The molecule has 0 spiro atoms. The number of methoxy groups -OCH3 is 1. The summed E-state index contributed by atoms with van der Waals surface area (Å²) in [5.74, 6) is 0.895. The molecule has 3 heteroatoms. The van der Waals surface area contributed by atoms with Crippen molar-refractivity contribution in [1.82, 2.24) is 5.32 Å². The summed E-state index contributed by atoms with van der Waals surface area (Å²) in [6.45, 7) is 2.01. The number of nitrogens with one attached hydrogen (secondary N) is 1. The van der Waals surface area contributed by atoms with E-state index in [4.69, 9.17) is 9.47 Å². The van der Waals surface area contributed by atoms with Gasteiger partial charge in [-0.25, -0.2) is 0 Å². The van der Waals surface area contributed by atoms with E-state index < -0.39 is 0 Å². The fourth-order valence-corrected chi connectivity index (χ4v) is 2.12. The molecule has 106 valence electrons. The van der Waals surface area contributed by atoms with Gasteiger partial charge in [0.1, 0.15) is 12.4 Å². The molecule has 0 saturated heterocycles. The Morgan fingerprint density at radius 2 is 1.85 bits per heavy atom. The minimum atomic E-state index is 0.559. The molecule has 0 fully saturated rings. The van der Waals surface area contributed by atoms with Crippen LogP contribution >= 0.6 is 0 Å². The average Bonchev–Trinajstić information content (AvgIpc) is 2.49. The second-order valence-electron chi connectivity index (χ2n) is 4.57. The van der Waals surface area contributed by atoms with E-state index in [9.17, 15) is 0 Å². The van der Waals surface area contributed by atoms with Gasteiger partial charge in [0.05, 0.1) is 6.61 Å². The van der Waals surface area contributed by atoms with E-state index in [1.165, 1.54) is 11.1 Å². The van der Waals surface area contributed by atoms with Crippen molar-refractivity contribution in [3.8, 4) is 16.9 Å². The van der Waals surface area contributed by atoms with Crippen molar-refractivity contribution in [2.45, 2.75) is 6.54 Å². The third-order valence-electron chi connectivity index (χ3n) is 3.05. The lowest BCUT2D eigenvalue weighted by atomic mass is 10.0. The fourth-order valence-electron chi connectivity index (χ4n) is 2.12. The first-order valence-electron chi connectivity index (χ1n) is 6.80. The molecule has 0 aromatic heterocycles. The quantitative estimate of drug-likeness (QED) is 0.785. The van der Waals surface area contributed by atoms with Crippen LogP contribution in [0.15, 0.2) is 48.5 Å². The first kappa shape index (κ1) is 14.6. The van der Waals surface area contributed by atoms with E-state index in [2.05, 4.69) is 35.6 Å². The molecule has 2 rings (SSSR count). The van der Waals surface area contributed by atoms with Crippen molar-refractivity contribution in [3.63, 3.8) is 0 Å². The molecule has 0 bridgehead atoms. The van der Waals surface area contributed by atoms with Gasteiger partial charge in [-0.15, -0.1) is 0 Å². The van der Waals surface area contributed by atoms with Crippen LogP contribution in [0.1, 0.15) is 5.56 Å². The van der Waals surface area contributed by atoms with Crippen LogP contribution in [-0.2, 0) is 11.3 Å². The first-order valence-corrected chi connectivity index (χ1v) is 6.80. The third-order valence-corrected chi connectivity index (χ3v) is 3.05. The van der Waals surface area contributed by atoms with Crippen LogP contribution in [0.4, 0.5) is 0 Å². The van der Waals surface area contributed by atoms with Gasteiger partial charge >= 0.3 is 0 Å². The maximum Gasteiger partial charge on any atom is 0.127 e. The molecule has 0 saturated carbocycles. The number of para-hydroxylation sites is 1. The number of rotatable bonds is 7. The summed E-state index contributed by atoms with van der Waals surface area (Å²) in [7, 11) is 3.63. The van der Waals surface area contributed by atoms with Crippen LogP contribution in [-0.4, -0.2) is 27.4 Å². The van der Waals surface area contributed by atoms with Crippen LogP contribution in [0.2, 0.25) is 0 Å². The summed E-state index contributed by atoms with van der Waals surface area (Å²) in [4.78, 5) is 0. The molecule has 0 unspecified atom stereocenters. The summed E-state index contributed by atoms with van der Waals surface area (Å²) in [6, 6.07) is 16.6. The third kappa shape index (κ3) is 3.83. The van der Waals surface area contributed by atoms with Crippen molar-refractivity contribution < 1.29 is 9.47 Å². The summed E-state index contributed by atoms with van der Waals surface area (Å²) in [5.41, 5.74) is 3.55.